The van der Waals surface area contributed by atoms with Crippen LogP contribution in [-0.4, -0.2) is 17.4 Å². The molecule has 3 rings (SSSR count). The van der Waals surface area contributed by atoms with E-state index in [9.17, 15) is 4.79 Å². The second-order valence-corrected chi connectivity index (χ2v) is 10.5. The van der Waals surface area contributed by atoms with Crippen molar-refractivity contribution >= 4 is 6.16 Å². The number of carbonyl (C=O) groups is 1. The molecule has 0 amide bonds. The second kappa shape index (κ2) is 10.2. The highest BCUT2D eigenvalue weighted by Crippen LogP contribution is 2.45. The molecule has 0 aromatic heterocycles. The quantitative estimate of drug-likeness (QED) is 0.299. The van der Waals surface area contributed by atoms with Crippen molar-refractivity contribution < 1.29 is 19.0 Å². The van der Waals surface area contributed by atoms with E-state index < -0.39 is 11.8 Å². The predicted octanol–water partition coefficient (Wildman–Crippen LogP) is 8.21. The number of rotatable bonds is 8. The Morgan fingerprint density at radius 3 is 1.73 bits per heavy atom. The summed E-state index contributed by atoms with van der Waals surface area (Å²) in [7, 11) is 0. The lowest BCUT2D eigenvalue weighted by atomic mass is 9.65. The second-order valence-electron chi connectivity index (χ2n) is 10.5. The molecule has 1 aliphatic carbocycles. The average molecular weight is 453 g/mol. The summed E-state index contributed by atoms with van der Waals surface area (Å²) in [6.07, 6.45) is 6.93. The lowest BCUT2D eigenvalue weighted by molar-refractivity contribution is 0.00705. The molecule has 4 nitrogen and oxygen atoms in total. The van der Waals surface area contributed by atoms with Gasteiger partial charge in [-0.2, -0.15) is 0 Å². The zero-order valence-electron chi connectivity index (χ0n) is 21.2. The highest BCUT2D eigenvalue weighted by Gasteiger charge is 2.36. The zero-order valence-corrected chi connectivity index (χ0v) is 21.2. The third kappa shape index (κ3) is 6.31. The summed E-state index contributed by atoms with van der Waals surface area (Å²) in [6.45, 7) is 12.1. The van der Waals surface area contributed by atoms with E-state index in [1.54, 1.807) is 0 Å². The molecule has 0 atom stereocenters. The Hall–Kier alpha value is -2.49. The van der Waals surface area contributed by atoms with Crippen LogP contribution in [0.5, 0.6) is 11.5 Å². The molecule has 1 fully saturated rings. The van der Waals surface area contributed by atoms with Gasteiger partial charge in [0, 0.05) is 5.41 Å². The maximum Gasteiger partial charge on any atom is 0.514 e. The maximum absolute atomic E-state index is 12.2. The molecule has 1 saturated carbocycles. The molecule has 0 bridgehead atoms. The lowest BCUT2D eigenvalue weighted by Gasteiger charge is -2.39. The maximum atomic E-state index is 12.2. The lowest BCUT2D eigenvalue weighted by Crippen LogP contribution is -2.31. The zero-order chi connectivity index (χ0) is 24.1. The van der Waals surface area contributed by atoms with Gasteiger partial charge in [0.25, 0.3) is 0 Å². The van der Waals surface area contributed by atoms with E-state index in [2.05, 4.69) is 57.2 Å². The summed E-state index contributed by atoms with van der Waals surface area (Å²) in [4.78, 5) is 12.2. The molecule has 0 N–H and O–H groups in total. The Kier molecular flexibility index (Phi) is 7.76. The van der Waals surface area contributed by atoms with Gasteiger partial charge in [0.1, 0.15) is 22.7 Å². The number of hydrogen-bond acceptors (Lipinski definition) is 4. The fraction of sp³-hybridized carbons (Fsp3) is 0.552. The highest BCUT2D eigenvalue weighted by atomic mass is 16.7. The van der Waals surface area contributed by atoms with Crippen LogP contribution in [0.2, 0.25) is 0 Å². The average Bonchev–Trinajstić information content (AvgIpc) is 2.80. The van der Waals surface area contributed by atoms with Gasteiger partial charge in [-0.3, -0.25) is 0 Å². The molecule has 0 saturated heterocycles. The first-order chi connectivity index (χ1) is 15.6. The molecule has 2 aromatic carbocycles. The monoisotopic (exact) mass is 452 g/mol. The van der Waals surface area contributed by atoms with Crippen molar-refractivity contribution in [1.29, 1.82) is 0 Å². The van der Waals surface area contributed by atoms with Crippen molar-refractivity contribution in [2.24, 2.45) is 0 Å². The molecular weight excluding hydrogens is 412 g/mol. The van der Waals surface area contributed by atoms with Gasteiger partial charge in [-0.25, -0.2) is 4.79 Å². The first-order valence-corrected chi connectivity index (χ1v) is 12.4. The van der Waals surface area contributed by atoms with Crippen LogP contribution in [-0.2, 0) is 10.2 Å². The van der Waals surface area contributed by atoms with Crippen molar-refractivity contribution in [2.75, 3.05) is 0 Å². The molecule has 180 valence electrons. The van der Waals surface area contributed by atoms with Crippen LogP contribution in [0.3, 0.4) is 0 Å². The summed E-state index contributed by atoms with van der Waals surface area (Å²) < 4.78 is 17.0. The predicted molar refractivity (Wildman–Crippen MR) is 133 cm³/mol. The van der Waals surface area contributed by atoms with Gasteiger partial charge < -0.3 is 14.2 Å². The van der Waals surface area contributed by atoms with Crippen molar-refractivity contribution in [3.63, 3.8) is 0 Å². The Bertz CT molecular complexity index is 904. The molecule has 33 heavy (non-hydrogen) atoms. The molecule has 2 aromatic rings. The van der Waals surface area contributed by atoms with Crippen LogP contribution in [0.1, 0.15) is 97.6 Å². The van der Waals surface area contributed by atoms with Crippen LogP contribution >= 0.6 is 0 Å². The molecule has 1 aliphatic rings. The SMILES string of the molecule is CCC(C)(C)OC(=O)Oc1ccc(C2(c3ccc(OC(C)(C)CC)cc3)CCCCC2)cc1. The Labute approximate surface area is 199 Å². The fourth-order valence-electron chi connectivity index (χ4n) is 4.39. The summed E-state index contributed by atoms with van der Waals surface area (Å²) in [6, 6.07) is 16.6. The van der Waals surface area contributed by atoms with Crippen LogP contribution in [0.25, 0.3) is 0 Å². The van der Waals surface area contributed by atoms with Gasteiger partial charge in [-0.15, -0.1) is 0 Å². The summed E-state index contributed by atoms with van der Waals surface area (Å²) >= 11 is 0. The number of hydrogen-bond donors (Lipinski definition) is 0. The molecule has 0 heterocycles. The normalized spacial score (nSPS) is 16.2. The number of carbonyl (C=O) groups excluding carboxylic acids is 1. The van der Waals surface area contributed by atoms with E-state index >= 15 is 0 Å². The van der Waals surface area contributed by atoms with Crippen molar-refractivity contribution in [3.8, 4) is 11.5 Å². The molecule has 0 spiro atoms. The van der Waals surface area contributed by atoms with Gasteiger partial charge in [-0.1, -0.05) is 57.4 Å². The van der Waals surface area contributed by atoms with E-state index in [4.69, 9.17) is 14.2 Å². The molecule has 0 unspecified atom stereocenters. The molecule has 0 radical (unpaired) electrons. The number of ether oxygens (including phenoxy) is 3. The minimum absolute atomic E-state index is 0.0275. The molecular formula is C29H40O4. The van der Waals surface area contributed by atoms with Gasteiger partial charge >= 0.3 is 6.16 Å². The molecule has 0 aliphatic heterocycles. The minimum atomic E-state index is -0.660. The molecule has 4 heteroatoms. The van der Waals surface area contributed by atoms with E-state index in [0.29, 0.717) is 5.75 Å². The van der Waals surface area contributed by atoms with E-state index in [1.165, 1.54) is 30.4 Å². The van der Waals surface area contributed by atoms with Crippen LogP contribution < -0.4 is 9.47 Å². The smallest absolute Gasteiger partial charge is 0.488 e. The van der Waals surface area contributed by atoms with E-state index in [1.807, 2.05) is 32.9 Å². The van der Waals surface area contributed by atoms with E-state index in [0.717, 1.165) is 31.4 Å². The van der Waals surface area contributed by atoms with Crippen molar-refractivity contribution in [1.82, 2.24) is 0 Å². The highest BCUT2D eigenvalue weighted by molar-refractivity contribution is 5.64. The Morgan fingerprint density at radius 2 is 1.24 bits per heavy atom. The van der Waals surface area contributed by atoms with Gasteiger partial charge in [-0.05, 0) is 88.8 Å². The van der Waals surface area contributed by atoms with Crippen LogP contribution in [0, 0.1) is 0 Å². The van der Waals surface area contributed by atoms with Crippen LogP contribution in [0.15, 0.2) is 48.5 Å². The third-order valence-corrected chi connectivity index (χ3v) is 7.18. The largest absolute Gasteiger partial charge is 0.514 e. The fourth-order valence-corrected chi connectivity index (χ4v) is 4.39. The minimum Gasteiger partial charge on any atom is -0.488 e. The first-order valence-electron chi connectivity index (χ1n) is 12.4. The van der Waals surface area contributed by atoms with Crippen LogP contribution in [0.4, 0.5) is 4.79 Å². The Balaban J connectivity index is 1.81. The van der Waals surface area contributed by atoms with E-state index in [-0.39, 0.29) is 11.0 Å². The standard InChI is InChI=1S/C29H40O4/c1-7-27(3,4)32-25-18-14-23(15-19-25)29(20-10-9-11-21-29)22-12-16-24(17-13-22)31-26(30)33-28(5,6)8-2/h12-19H,7-11,20-21H2,1-6H3. The van der Waals surface area contributed by atoms with Gasteiger partial charge in [0.15, 0.2) is 0 Å². The Morgan fingerprint density at radius 1 is 0.758 bits per heavy atom. The van der Waals surface area contributed by atoms with Gasteiger partial charge in [0.2, 0.25) is 0 Å². The van der Waals surface area contributed by atoms with Crippen molar-refractivity contribution in [3.05, 3.63) is 59.7 Å². The third-order valence-electron chi connectivity index (χ3n) is 7.18. The van der Waals surface area contributed by atoms with Gasteiger partial charge in [0.05, 0.1) is 0 Å². The summed E-state index contributed by atoms with van der Waals surface area (Å²) in [5.41, 5.74) is 1.85. The topological polar surface area (TPSA) is 44.8 Å². The summed E-state index contributed by atoms with van der Waals surface area (Å²) in [5.74, 6) is 1.42. The number of benzene rings is 2. The van der Waals surface area contributed by atoms with Crippen molar-refractivity contribution in [2.45, 2.75) is 103 Å². The first kappa shape index (κ1) is 25.1. The summed E-state index contributed by atoms with van der Waals surface area (Å²) in [5, 5.41) is 0.